The van der Waals surface area contributed by atoms with Crippen LogP contribution < -0.4 is 5.56 Å². The molecule has 4 rings (SSSR count). The minimum Gasteiger partial charge on any atom is -0.336 e. The summed E-state index contributed by atoms with van der Waals surface area (Å²) in [4.78, 5) is 26.1. The van der Waals surface area contributed by atoms with Gasteiger partial charge in [0.15, 0.2) is 0 Å². The number of hydrogen-bond donors (Lipinski definition) is 1. The molecule has 0 aliphatic carbocycles. The second-order valence-electron chi connectivity index (χ2n) is 7.56. The van der Waals surface area contributed by atoms with Gasteiger partial charge in [0.25, 0.3) is 5.56 Å². The number of aryl methyl sites for hydroxylation is 1. The summed E-state index contributed by atoms with van der Waals surface area (Å²) in [5, 5.41) is 0. The van der Waals surface area contributed by atoms with Crippen molar-refractivity contribution in [2.45, 2.75) is 51.7 Å². The third-order valence-corrected chi connectivity index (χ3v) is 5.39. The van der Waals surface area contributed by atoms with E-state index in [9.17, 15) is 4.79 Å². The maximum Gasteiger partial charge on any atom is 0.251 e. The van der Waals surface area contributed by atoms with Crippen molar-refractivity contribution in [1.82, 2.24) is 24.4 Å². The van der Waals surface area contributed by atoms with E-state index < -0.39 is 0 Å². The van der Waals surface area contributed by atoms with Gasteiger partial charge in [-0.3, -0.25) is 9.69 Å². The molecule has 0 spiro atoms. The summed E-state index contributed by atoms with van der Waals surface area (Å²) in [6.45, 7) is 5.16. The normalized spacial score (nSPS) is 17.2. The van der Waals surface area contributed by atoms with Crippen LogP contribution >= 0.6 is 0 Å². The molecule has 1 atom stereocenters. The van der Waals surface area contributed by atoms with E-state index in [-0.39, 0.29) is 5.56 Å². The molecule has 1 unspecified atom stereocenters. The van der Waals surface area contributed by atoms with Crippen LogP contribution in [0.15, 0.2) is 53.8 Å². The smallest absolute Gasteiger partial charge is 0.251 e. The minimum absolute atomic E-state index is 0.0862. The van der Waals surface area contributed by atoms with Gasteiger partial charge in [-0.25, -0.2) is 9.97 Å². The fourth-order valence-corrected chi connectivity index (χ4v) is 3.98. The highest BCUT2D eigenvalue weighted by Crippen LogP contribution is 2.23. The van der Waals surface area contributed by atoms with Crippen LogP contribution in [0.3, 0.4) is 0 Å². The molecule has 0 bridgehead atoms. The zero-order chi connectivity index (χ0) is 19.3. The molecule has 2 aromatic heterocycles. The number of aromatic nitrogens is 4. The van der Waals surface area contributed by atoms with E-state index >= 15 is 0 Å². The van der Waals surface area contributed by atoms with E-state index in [0.29, 0.717) is 11.9 Å². The maximum atomic E-state index is 11.9. The summed E-state index contributed by atoms with van der Waals surface area (Å²) in [5.74, 6) is 0.654. The van der Waals surface area contributed by atoms with Crippen LogP contribution in [0.25, 0.3) is 11.4 Å². The standard InChI is InChI=1S/C22H27N5O/c1-2-4-19-13-21(28)25-22(24-19)18-8-6-17(7-9-18)14-27-11-3-5-20(27)15-26-12-10-23-16-26/h6-10,12-13,16,20H,2-5,11,14-15H2,1H3,(H,24,25,28). The fourth-order valence-electron chi connectivity index (χ4n) is 3.98. The predicted octanol–water partition coefficient (Wildman–Crippen LogP) is 3.25. The molecule has 1 aliphatic heterocycles. The highest BCUT2D eigenvalue weighted by Gasteiger charge is 2.24. The number of hydrogen-bond acceptors (Lipinski definition) is 4. The van der Waals surface area contributed by atoms with Gasteiger partial charge in [-0.15, -0.1) is 0 Å². The molecule has 0 saturated carbocycles. The Morgan fingerprint density at radius 2 is 2.11 bits per heavy atom. The number of rotatable bonds is 7. The lowest BCUT2D eigenvalue weighted by Crippen LogP contribution is -2.32. The van der Waals surface area contributed by atoms with E-state index in [0.717, 1.165) is 43.7 Å². The molecular weight excluding hydrogens is 350 g/mol. The third-order valence-electron chi connectivity index (χ3n) is 5.39. The average Bonchev–Trinajstić information content (AvgIpc) is 3.35. The van der Waals surface area contributed by atoms with E-state index in [1.54, 1.807) is 6.07 Å². The van der Waals surface area contributed by atoms with Gasteiger partial charge in [-0.05, 0) is 31.4 Å². The van der Waals surface area contributed by atoms with Gasteiger partial charge < -0.3 is 9.55 Å². The maximum absolute atomic E-state index is 11.9. The number of imidazole rings is 1. The molecule has 1 N–H and O–H groups in total. The zero-order valence-electron chi connectivity index (χ0n) is 16.3. The lowest BCUT2D eigenvalue weighted by atomic mass is 10.1. The summed E-state index contributed by atoms with van der Waals surface area (Å²) < 4.78 is 2.16. The highest BCUT2D eigenvalue weighted by atomic mass is 16.1. The van der Waals surface area contributed by atoms with Crippen LogP contribution in [0.4, 0.5) is 0 Å². The van der Waals surface area contributed by atoms with Gasteiger partial charge in [0.05, 0.1) is 6.33 Å². The van der Waals surface area contributed by atoms with Gasteiger partial charge in [0.1, 0.15) is 5.82 Å². The lowest BCUT2D eigenvalue weighted by Gasteiger charge is -2.24. The number of benzene rings is 1. The molecule has 3 aromatic rings. The first-order chi connectivity index (χ1) is 13.7. The Hall–Kier alpha value is -2.73. The Morgan fingerprint density at radius 1 is 1.25 bits per heavy atom. The topological polar surface area (TPSA) is 66.8 Å². The molecule has 6 heteroatoms. The van der Waals surface area contributed by atoms with Crippen molar-refractivity contribution in [1.29, 1.82) is 0 Å². The van der Waals surface area contributed by atoms with Crippen LogP contribution in [0.1, 0.15) is 37.4 Å². The van der Waals surface area contributed by atoms with Gasteiger partial charge >= 0.3 is 0 Å². The molecule has 1 saturated heterocycles. The Labute approximate surface area is 165 Å². The molecule has 3 heterocycles. The summed E-state index contributed by atoms with van der Waals surface area (Å²) in [5.41, 5.74) is 3.00. The number of nitrogens with zero attached hydrogens (tertiary/aromatic N) is 4. The molecule has 1 aliphatic rings. The van der Waals surface area contributed by atoms with Crippen LogP contribution in [0.5, 0.6) is 0 Å². The minimum atomic E-state index is -0.0862. The number of aromatic amines is 1. The van der Waals surface area contributed by atoms with Crippen molar-refractivity contribution in [3.63, 3.8) is 0 Å². The van der Waals surface area contributed by atoms with Gasteiger partial charge in [0, 0.05) is 48.8 Å². The van der Waals surface area contributed by atoms with Crippen molar-refractivity contribution in [3.05, 3.63) is 70.7 Å². The van der Waals surface area contributed by atoms with E-state index in [4.69, 9.17) is 0 Å². The molecule has 146 valence electrons. The van der Waals surface area contributed by atoms with Crippen LogP contribution in [0, 0.1) is 0 Å². The Balaban J connectivity index is 1.45. The van der Waals surface area contributed by atoms with Crippen LogP contribution in [-0.2, 0) is 19.5 Å². The summed E-state index contributed by atoms with van der Waals surface area (Å²) in [7, 11) is 0. The number of likely N-dealkylation sites (tertiary alicyclic amines) is 1. The first-order valence-corrected chi connectivity index (χ1v) is 10.1. The number of H-pyrrole nitrogens is 1. The third kappa shape index (κ3) is 4.39. The SMILES string of the molecule is CCCc1cc(=O)[nH]c(-c2ccc(CN3CCCC3Cn3ccnc3)cc2)n1. The molecule has 6 nitrogen and oxygen atoms in total. The van der Waals surface area contributed by atoms with Crippen molar-refractivity contribution in [2.24, 2.45) is 0 Å². The fraction of sp³-hybridized carbons (Fsp3) is 0.409. The highest BCUT2D eigenvalue weighted by molar-refractivity contribution is 5.55. The van der Waals surface area contributed by atoms with Crippen molar-refractivity contribution in [3.8, 4) is 11.4 Å². The molecular formula is C22H27N5O. The monoisotopic (exact) mass is 377 g/mol. The number of nitrogens with one attached hydrogen (secondary N) is 1. The second-order valence-corrected chi connectivity index (χ2v) is 7.56. The van der Waals surface area contributed by atoms with Gasteiger partial charge in [0.2, 0.25) is 0 Å². The first kappa shape index (κ1) is 18.6. The van der Waals surface area contributed by atoms with Crippen LogP contribution in [0.2, 0.25) is 0 Å². The summed E-state index contributed by atoms with van der Waals surface area (Å²) in [6, 6.07) is 10.6. The van der Waals surface area contributed by atoms with E-state index in [1.807, 2.05) is 18.7 Å². The Kier molecular flexibility index (Phi) is 5.67. The predicted molar refractivity (Wildman–Crippen MR) is 110 cm³/mol. The molecule has 1 fully saturated rings. The van der Waals surface area contributed by atoms with Gasteiger partial charge in [-0.2, -0.15) is 0 Å². The quantitative estimate of drug-likeness (QED) is 0.686. The Bertz CT molecular complexity index is 946. The van der Waals surface area contributed by atoms with Gasteiger partial charge in [-0.1, -0.05) is 37.6 Å². The lowest BCUT2D eigenvalue weighted by molar-refractivity contribution is 0.224. The zero-order valence-corrected chi connectivity index (χ0v) is 16.3. The summed E-state index contributed by atoms with van der Waals surface area (Å²) >= 11 is 0. The molecule has 0 radical (unpaired) electrons. The first-order valence-electron chi connectivity index (χ1n) is 10.1. The van der Waals surface area contributed by atoms with Crippen molar-refractivity contribution in [2.75, 3.05) is 6.54 Å². The Morgan fingerprint density at radius 3 is 2.86 bits per heavy atom. The average molecular weight is 377 g/mol. The molecule has 1 aromatic carbocycles. The summed E-state index contributed by atoms with van der Waals surface area (Å²) in [6.07, 6.45) is 10.0. The van der Waals surface area contributed by atoms with Crippen molar-refractivity contribution < 1.29 is 0 Å². The molecule has 28 heavy (non-hydrogen) atoms. The van der Waals surface area contributed by atoms with Crippen LogP contribution in [-0.4, -0.2) is 37.0 Å². The largest absolute Gasteiger partial charge is 0.336 e. The second kappa shape index (κ2) is 8.52. The van der Waals surface area contributed by atoms with E-state index in [1.165, 1.54) is 18.4 Å². The van der Waals surface area contributed by atoms with Crippen molar-refractivity contribution >= 4 is 0 Å². The molecule has 0 amide bonds. The van der Waals surface area contributed by atoms with E-state index in [2.05, 4.69) is 55.6 Å².